The van der Waals surface area contributed by atoms with Gasteiger partial charge in [-0.25, -0.2) is 0 Å². The minimum Gasteiger partial charge on any atom is -0.497 e. The van der Waals surface area contributed by atoms with Crippen molar-refractivity contribution in [3.8, 4) is 17.6 Å². The van der Waals surface area contributed by atoms with Crippen LogP contribution in [0.1, 0.15) is 37.5 Å². The smallest absolute Gasteiger partial charge is 0.264 e. The number of nitrogens with zero attached hydrogens (tertiary/aromatic N) is 1. The minimum atomic E-state index is -1.61. The van der Waals surface area contributed by atoms with Crippen LogP contribution in [0.3, 0.4) is 0 Å². The van der Waals surface area contributed by atoms with Crippen molar-refractivity contribution in [2.24, 2.45) is 0 Å². The quantitative estimate of drug-likeness (QED) is 0.195. The molecular weight excluding hydrogens is 825 g/mol. The molecule has 0 spiro atoms. The molecule has 0 unspecified atom stereocenters. The number of ether oxygens (including phenoxy) is 12. The molecule has 296 valence electrons. The molecule has 0 bridgehead atoms. The summed E-state index contributed by atoms with van der Waals surface area (Å²) < 4.78 is 76.6. The van der Waals surface area contributed by atoms with E-state index in [2.05, 4.69) is 28.7 Å². The van der Waals surface area contributed by atoms with Gasteiger partial charge in [-0.2, -0.15) is 5.26 Å². The van der Waals surface area contributed by atoms with E-state index in [1.807, 2.05) is 93.6 Å². The molecule has 0 N–H and O–H groups in total. The molecule has 3 aromatic carbocycles. The fourth-order valence-electron chi connectivity index (χ4n) is 7.46. The van der Waals surface area contributed by atoms with E-state index < -0.39 is 73.0 Å². The molecule has 4 fully saturated rings. The van der Waals surface area contributed by atoms with Crippen LogP contribution in [-0.2, 0) is 67.0 Å². The molecule has 0 aromatic heterocycles. The van der Waals surface area contributed by atoms with Crippen molar-refractivity contribution < 1.29 is 56.8 Å². The van der Waals surface area contributed by atoms with Crippen molar-refractivity contribution >= 4 is 22.6 Å². The lowest BCUT2D eigenvalue weighted by Crippen LogP contribution is -2.68. The third-order valence-corrected chi connectivity index (χ3v) is 11.3. The predicted octanol–water partition coefficient (Wildman–Crippen LogP) is 5.68. The Balaban J connectivity index is 1.23. The highest BCUT2D eigenvalue weighted by atomic mass is 127. The number of methoxy groups -OCH3 is 3. The Labute approximate surface area is 335 Å². The van der Waals surface area contributed by atoms with Gasteiger partial charge in [-0.3, -0.25) is 0 Å². The van der Waals surface area contributed by atoms with E-state index in [0.29, 0.717) is 0 Å². The summed E-state index contributed by atoms with van der Waals surface area (Å²) in [7, 11) is 4.82. The second-order valence-electron chi connectivity index (χ2n) is 14.4. The standard InChI is InChI=1S/C41H48INO12/c1-24-32(35-37(38(46-6)50-24)54-40(2,3)53-35)52-39-36(48-21-26-13-17-29(45-5)18-14-26)34(47-20-25-11-15-28(44-4)16-12-25)33-31(51-39)22-49-41(23-43,55-33)19-27-9-7-8-10-30(27)42/h7-18,24,31-39H,19-22H2,1-6H3/t24-,31+,32-,33+,34-,35+,36+,37+,38+,39+,41-/m0/s1. The van der Waals surface area contributed by atoms with Gasteiger partial charge in [0.05, 0.1) is 40.1 Å². The van der Waals surface area contributed by atoms with E-state index in [1.54, 1.807) is 21.3 Å². The van der Waals surface area contributed by atoms with Gasteiger partial charge in [-0.1, -0.05) is 42.5 Å². The van der Waals surface area contributed by atoms with Gasteiger partial charge in [0, 0.05) is 17.1 Å². The van der Waals surface area contributed by atoms with Gasteiger partial charge in [0.15, 0.2) is 18.4 Å². The zero-order valence-electron chi connectivity index (χ0n) is 31.8. The lowest BCUT2D eigenvalue weighted by Gasteiger charge is -2.51. The Kier molecular flexibility index (Phi) is 12.7. The summed E-state index contributed by atoms with van der Waals surface area (Å²) in [6, 6.07) is 25.4. The first-order valence-electron chi connectivity index (χ1n) is 18.3. The number of hydrogen-bond acceptors (Lipinski definition) is 13. The first kappa shape index (κ1) is 40.3. The fraction of sp³-hybridized carbons (Fsp3) is 0.537. The van der Waals surface area contributed by atoms with Gasteiger partial charge < -0.3 is 56.8 Å². The van der Waals surface area contributed by atoms with Crippen LogP contribution in [0.5, 0.6) is 11.5 Å². The molecule has 4 heterocycles. The van der Waals surface area contributed by atoms with Gasteiger partial charge in [-0.05, 0) is 90.4 Å². The molecule has 7 rings (SSSR count). The summed E-state index contributed by atoms with van der Waals surface area (Å²) in [6.07, 6.45) is -6.87. The lowest BCUT2D eigenvalue weighted by molar-refractivity contribution is -0.398. The van der Waals surface area contributed by atoms with E-state index in [0.717, 1.165) is 31.8 Å². The van der Waals surface area contributed by atoms with E-state index in [-0.39, 0.29) is 26.2 Å². The topological polar surface area (TPSA) is 135 Å². The molecule has 0 saturated carbocycles. The molecule has 0 radical (unpaired) electrons. The van der Waals surface area contributed by atoms with Crippen LogP contribution in [0.25, 0.3) is 0 Å². The summed E-state index contributed by atoms with van der Waals surface area (Å²) in [5, 5.41) is 10.6. The van der Waals surface area contributed by atoms with Gasteiger partial charge in [0.1, 0.15) is 60.3 Å². The maximum absolute atomic E-state index is 10.6. The van der Waals surface area contributed by atoms with E-state index in [9.17, 15) is 5.26 Å². The zero-order valence-corrected chi connectivity index (χ0v) is 33.9. The highest BCUT2D eigenvalue weighted by Gasteiger charge is 2.59. The minimum absolute atomic E-state index is 0.0380. The van der Waals surface area contributed by atoms with Crippen LogP contribution in [0.2, 0.25) is 0 Å². The Bertz CT molecular complexity index is 1770. The molecule has 0 aliphatic carbocycles. The van der Waals surface area contributed by atoms with Crippen molar-refractivity contribution in [1.82, 2.24) is 0 Å². The van der Waals surface area contributed by atoms with Crippen molar-refractivity contribution in [1.29, 1.82) is 5.26 Å². The third kappa shape index (κ3) is 8.98. The lowest BCUT2D eigenvalue weighted by atomic mass is 9.94. The number of rotatable bonds is 13. The molecule has 4 aliphatic rings. The van der Waals surface area contributed by atoms with Crippen molar-refractivity contribution in [2.45, 2.75) is 113 Å². The van der Waals surface area contributed by atoms with Crippen molar-refractivity contribution in [2.75, 3.05) is 27.9 Å². The van der Waals surface area contributed by atoms with Crippen LogP contribution in [0.4, 0.5) is 0 Å². The molecule has 13 nitrogen and oxygen atoms in total. The Morgan fingerprint density at radius 3 is 1.96 bits per heavy atom. The molecule has 4 saturated heterocycles. The highest BCUT2D eigenvalue weighted by molar-refractivity contribution is 14.1. The maximum atomic E-state index is 10.6. The molecule has 4 aliphatic heterocycles. The molecule has 11 atom stereocenters. The first-order chi connectivity index (χ1) is 26.5. The van der Waals surface area contributed by atoms with E-state index in [4.69, 9.17) is 56.8 Å². The largest absolute Gasteiger partial charge is 0.497 e. The van der Waals surface area contributed by atoms with Gasteiger partial charge in [-0.15, -0.1) is 0 Å². The molecule has 0 amide bonds. The fourth-order valence-corrected chi connectivity index (χ4v) is 8.04. The van der Waals surface area contributed by atoms with Gasteiger partial charge >= 0.3 is 0 Å². The average molecular weight is 874 g/mol. The molecular formula is C41H48INO12. The van der Waals surface area contributed by atoms with Crippen LogP contribution < -0.4 is 9.47 Å². The number of benzene rings is 3. The third-order valence-electron chi connectivity index (χ3n) is 10.2. The van der Waals surface area contributed by atoms with Crippen molar-refractivity contribution in [3.05, 3.63) is 93.1 Å². The van der Waals surface area contributed by atoms with Crippen LogP contribution in [0.15, 0.2) is 72.8 Å². The van der Waals surface area contributed by atoms with E-state index >= 15 is 0 Å². The van der Waals surface area contributed by atoms with Crippen LogP contribution in [0, 0.1) is 14.9 Å². The number of hydrogen-bond donors (Lipinski definition) is 0. The second kappa shape index (κ2) is 17.3. The monoisotopic (exact) mass is 873 g/mol. The Morgan fingerprint density at radius 1 is 0.745 bits per heavy atom. The molecule has 14 heteroatoms. The highest BCUT2D eigenvalue weighted by Crippen LogP contribution is 2.42. The summed E-state index contributed by atoms with van der Waals surface area (Å²) >= 11 is 2.26. The maximum Gasteiger partial charge on any atom is 0.264 e. The number of fused-ring (bicyclic) bond motifs is 2. The second-order valence-corrected chi connectivity index (χ2v) is 15.6. The molecule has 55 heavy (non-hydrogen) atoms. The Morgan fingerprint density at radius 2 is 1.36 bits per heavy atom. The summed E-state index contributed by atoms with van der Waals surface area (Å²) in [5.74, 6) is -1.07. The van der Waals surface area contributed by atoms with E-state index in [1.165, 1.54) is 0 Å². The van der Waals surface area contributed by atoms with Crippen LogP contribution >= 0.6 is 22.6 Å². The number of nitriles is 1. The number of halogens is 1. The first-order valence-corrected chi connectivity index (χ1v) is 19.4. The average Bonchev–Trinajstić information content (AvgIpc) is 3.53. The van der Waals surface area contributed by atoms with Crippen molar-refractivity contribution in [3.63, 3.8) is 0 Å². The van der Waals surface area contributed by atoms with Gasteiger partial charge in [0.25, 0.3) is 5.79 Å². The normalized spacial score (nSPS) is 33.9. The summed E-state index contributed by atoms with van der Waals surface area (Å²) in [5.41, 5.74) is 2.70. The zero-order chi connectivity index (χ0) is 38.7. The SMILES string of the molecule is COc1ccc(CO[C@@H]2[C@@H](OCc3ccc(OC)cc3)[C@@H](O[C@@H]3[C@H]4OC(C)(C)O[C@H]4[C@H](OC)O[C@H]3C)O[C@@H]3CO[C@@](C#N)(Cc4ccccc4I)O[C@@H]23)cc1. The predicted molar refractivity (Wildman–Crippen MR) is 204 cm³/mol. The molecule has 3 aromatic rings. The van der Waals surface area contributed by atoms with Crippen LogP contribution in [-0.4, -0.2) is 101 Å². The summed E-state index contributed by atoms with van der Waals surface area (Å²) in [4.78, 5) is 0. The Hall–Kier alpha value is -2.92. The summed E-state index contributed by atoms with van der Waals surface area (Å²) in [6.45, 7) is 6.01. The van der Waals surface area contributed by atoms with Gasteiger partial charge in [0.2, 0.25) is 0 Å².